The summed E-state index contributed by atoms with van der Waals surface area (Å²) in [5.41, 5.74) is 0. The summed E-state index contributed by atoms with van der Waals surface area (Å²) in [6.45, 7) is 0. The Morgan fingerprint density at radius 1 is 1.08 bits per heavy atom. The summed E-state index contributed by atoms with van der Waals surface area (Å²) in [7, 11) is 0. The molecule has 0 saturated heterocycles. The Labute approximate surface area is 85.5 Å². The van der Waals surface area contributed by atoms with Crippen LogP contribution in [0, 0.1) is 0 Å². The van der Waals surface area contributed by atoms with Crippen LogP contribution in [0.15, 0.2) is 30.3 Å². The van der Waals surface area contributed by atoms with Crippen molar-refractivity contribution in [1.29, 1.82) is 0 Å². The second kappa shape index (κ2) is 3.09. The van der Waals surface area contributed by atoms with Crippen LogP contribution in [0.3, 0.4) is 0 Å². The zero-order chi connectivity index (χ0) is 9.42. The Morgan fingerprint density at radius 2 is 1.77 bits per heavy atom. The van der Waals surface area contributed by atoms with Gasteiger partial charge in [0.15, 0.2) is 0 Å². The van der Waals surface area contributed by atoms with Crippen molar-refractivity contribution in [1.82, 2.24) is 0 Å². The summed E-state index contributed by atoms with van der Waals surface area (Å²) in [6.07, 6.45) is 0. The minimum absolute atomic E-state index is 0.0461. The number of rotatable bonds is 0. The number of fused-ring (bicyclic) bond motifs is 1. The van der Waals surface area contributed by atoms with Gasteiger partial charge < -0.3 is 5.11 Å². The Hall–Kier alpha value is -0.920. The van der Waals surface area contributed by atoms with Crippen LogP contribution in [0.25, 0.3) is 10.8 Å². The fourth-order valence-corrected chi connectivity index (χ4v) is 1.63. The van der Waals surface area contributed by atoms with Gasteiger partial charge in [-0.15, -0.1) is 0 Å². The number of hydrogen-bond donors (Lipinski definition) is 1. The molecular weight excluding hydrogens is 207 g/mol. The molecule has 0 radical (unpaired) electrons. The molecule has 1 nitrogen and oxygen atoms in total. The number of benzene rings is 2. The molecule has 0 aliphatic rings. The molecule has 13 heavy (non-hydrogen) atoms. The van der Waals surface area contributed by atoms with E-state index in [0.717, 1.165) is 10.8 Å². The average molecular weight is 213 g/mol. The summed E-state index contributed by atoms with van der Waals surface area (Å²) in [4.78, 5) is 0. The average Bonchev–Trinajstić information content (AvgIpc) is 2.15. The zero-order valence-corrected chi connectivity index (χ0v) is 8.10. The molecule has 0 fully saturated rings. The topological polar surface area (TPSA) is 20.2 Å². The van der Waals surface area contributed by atoms with Gasteiger partial charge in [-0.2, -0.15) is 0 Å². The maximum atomic E-state index is 9.62. The van der Waals surface area contributed by atoms with E-state index < -0.39 is 0 Å². The molecule has 2 aromatic carbocycles. The summed E-state index contributed by atoms with van der Waals surface area (Å²) < 4.78 is 0. The van der Waals surface area contributed by atoms with E-state index in [0.29, 0.717) is 5.02 Å². The molecule has 0 unspecified atom stereocenters. The van der Waals surface area contributed by atoms with Crippen molar-refractivity contribution in [3.8, 4) is 5.75 Å². The van der Waals surface area contributed by atoms with E-state index in [9.17, 15) is 5.11 Å². The quantitative estimate of drug-likeness (QED) is 0.704. The van der Waals surface area contributed by atoms with Crippen molar-refractivity contribution < 1.29 is 5.11 Å². The Kier molecular flexibility index (Phi) is 2.06. The molecule has 2 rings (SSSR count). The van der Waals surface area contributed by atoms with Gasteiger partial charge in [0.25, 0.3) is 0 Å². The molecule has 0 spiro atoms. The highest BCUT2D eigenvalue weighted by Gasteiger charge is 2.08. The lowest BCUT2D eigenvalue weighted by Crippen LogP contribution is -1.76. The molecule has 0 atom stereocenters. The monoisotopic (exact) mass is 212 g/mol. The molecular formula is C10H6Cl2O. The number of phenolic OH excluding ortho intramolecular Hbond substituents is 1. The molecule has 0 aliphatic heterocycles. The third kappa shape index (κ3) is 1.34. The van der Waals surface area contributed by atoms with Gasteiger partial charge in [0.2, 0.25) is 0 Å². The van der Waals surface area contributed by atoms with E-state index in [2.05, 4.69) is 0 Å². The van der Waals surface area contributed by atoms with Gasteiger partial charge in [-0.25, -0.2) is 0 Å². The second-order valence-corrected chi connectivity index (χ2v) is 3.53. The lowest BCUT2D eigenvalue weighted by atomic mass is 10.1. The highest BCUT2D eigenvalue weighted by atomic mass is 35.5. The maximum absolute atomic E-state index is 9.62. The largest absolute Gasteiger partial charge is 0.506 e. The van der Waals surface area contributed by atoms with Gasteiger partial charge in [-0.05, 0) is 11.5 Å². The molecule has 0 amide bonds. The van der Waals surface area contributed by atoms with Crippen LogP contribution in [0.5, 0.6) is 5.75 Å². The minimum Gasteiger partial charge on any atom is -0.506 e. The summed E-state index contributed by atoms with van der Waals surface area (Å²) in [5.74, 6) is 0.0461. The van der Waals surface area contributed by atoms with Gasteiger partial charge in [0.05, 0.1) is 5.02 Å². The Balaban J connectivity index is 2.94. The molecule has 2 aromatic rings. The van der Waals surface area contributed by atoms with Crippen molar-refractivity contribution in [2.75, 3.05) is 0 Å². The fourth-order valence-electron chi connectivity index (χ4n) is 1.27. The van der Waals surface area contributed by atoms with Gasteiger partial charge >= 0.3 is 0 Å². The Bertz CT molecular complexity index is 466. The summed E-state index contributed by atoms with van der Waals surface area (Å²) in [6, 6.07) is 9.13. The zero-order valence-electron chi connectivity index (χ0n) is 6.59. The first-order chi connectivity index (χ1) is 6.20. The molecule has 3 heteroatoms. The van der Waals surface area contributed by atoms with Crippen LogP contribution in [0.4, 0.5) is 0 Å². The van der Waals surface area contributed by atoms with Crippen LogP contribution in [0.1, 0.15) is 0 Å². The molecule has 66 valence electrons. The molecule has 0 heterocycles. The van der Waals surface area contributed by atoms with Gasteiger partial charge in [-0.1, -0.05) is 47.5 Å². The smallest absolute Gasteiger partial charge is 0.143 e. The number of phenols is 1. The fraction of sp³-hybridized carbons (Fsp3) is 0. The SMILES string of the molecule is Oc1c(Cl)c(Cl)cc2ccccc12. The van der Waals surface area contributed by atoms with Crippen molar-refractivity contribution in [3.05, 3.63) is 40.4 Å². The normalized spacial score (nSPS) is 10.6. The van der Waals surface area contributed by atoms with E-state index in [4.69, 9.17) is 23.2 Å². The highest BCUT2D eigenvalue weighted by Crippen LogP contribution is 2.37. The third-order valence-electron chi connectivity index (χ3n) is 1.92. The van der Waals surface area contributed by atoms with E-state index in [1.54, 1.807) is 12.1 Å². The third-order valence-corrected chi connectivity index (χ3v) is 2.69. The summed E-state index contributed by atoms with van der Waals surface area (Å²) >= 11 is 11.6. The summed E-state index contributed by atoms with van der Waals surface area (Å²) in [5, 5.41) is 11.8. The molecule has 0 aromatic heterocycles. The first kappa shape index (κ1) is 8.67. The molecule has 0 bridgehead atoms. The number of hydrogen-bond acceptors (Lipinski definition) is 1. The number of aromatic hydroxyl groups is 1. The first-order valence-corrected chi connectivity index (χ1v) is 4.51. The molecule has 0 aliphatic carbocycles. The van der Waals surface area contributed by atoms with Gasteiger partial charge in [-0.3, -0.25) is 0 Å². The lowest BCUT2D eigenvalue weighted by Gasteiger charge is -2.04. The first-order valence-electron chi connectivity index (χ1n) is 3.76. The predicted molar refractivity (Wildman–Crippen MR) is 55.6 cm³/mol. The van der Waals surface area contributed by atoms with E-state index in [-0.39, 0.29) is 10.8 Å². The van der Waals surface area contributed by atoms with Crippen LogP contribution in [0.2, 0.25) is 10.0 Å². The lowest BCUT2D eigenvalue weighted by molar-refractivity contribution is 0.482. The van der Waals surface area contributed by atoms with E-state index in [1.165, 1.54) is 0 Å². The van der Waals surface area contributed by atoms with Crippen molar-refractivity contribution in [2.24, 2.45) is 0 Å². The number of halogens is 2. The molecule has 1 N–H and O–H groups in total. The predicted octanol–water partition coefficient (Wildman–Crippen LogP) is 3.85. The molecule has 0 saturated carbocycles. The maximum Gasteiger partial charge on any atom is 0.143 e. The van der Waals surface area contributed by atoms with Gasteiger partial charge in [0, 0.05) is 5.39 Å². The minimum atomic E-state index is 0.0461. The second-order valence-electron chi connectivity index (χ2n) is 2.74. The van der Waals surface area contributed by atoms with Crippen LogP contribution >= 0.6 is 23.2 Å². The van der Waals surface area contributed by atoms with E-state index >= 15 is 0 Å². The highest BCUT2D eigenvalue weighted by molar-refractivity contribution is 6.44. The van der Waals surface area contributed by atoms with Crippen LogP contribution in [-0.4, -0.2) is 5.11 Å². The Morgan fingerprint density at radius 3 is 2.54 bits per heavy atom. The van der Waals surface area contributed by atoms with Crippen molar-refractivity contribution in [2.45, 2.75) is 0 Å². The van der Waals surface area contributed by atoms with Crippen molar-refractivity contribution in [3.63, 3.8) is 0 Å². The standard InChI is InChI=1S/C10H6Cl2O/c11-8-5-6-3-1-2-4-7(6)10(13)9(8)12/h1-5,13H. The van der Waals surface area contributed by atoms with Crippen LogP contribution < -0.4 is 0 Å². The van der Waals surface area contributed by atoms with Crippen LogP contribution in [-0.2, 0) is 0 Å². The van der Waals surface area contributed by atoms with E-state index in [1.807, 2.05) is 18.2 Å². The van der Waals surface area contributed by atoms with Crippen molar-refractivity contribution >= 4 is 34.0 Å². The van der Waals surface area contributed by atoms with Gasteiger partial charge in [0.1, 0.15) is 10.8 Å².